The number of rotatable bonds is 4. The summed E-state index contributed by atoms with van der Waals surface area (Å²) in [6.45, 7) is 0.641. The number of fused-ring (bicyclic) bond motifs is 1. The average Bonchev–Trinajstić information content (AvgIpc) is 3.02. The minimum Gasteiger partial charge on any atom is -0.366 e. The lowest BCUT2D eigenvalue weighted by Crippen LogP contribution is -2.06. The maximum Gasteiger partial charge on any atom is 0.177 e. The Morgan fingerprint density at radius 3 is 2.40 bits per heavy atom. The van der Waals surface area contributed by atoms with Gasteiger partial charge in [0, 0.05) is 12.6 Å². The summed E-state index contributed by atoms with van der Waals surface area (Å²) in [7, 11) is 0. The fourth-order valence-electron chi connectivity index (χ4n) is 2.67. The molecule has 6 heteroatoms. The van der Waals surface area contributed by atoms with Gasteiger partial charge in [-0.25, -0.2) is 4.98 Å². The maximum absolute atomic E-state index is 6.08. The van der Waals surface area contributed by atoms with Gasteiger partial charge < -0.3 is 5.32 Å². The molecule has 0 aliphatic rings. The van der Waals surface area contributed by atoms with E-state index < -0.39 is 0 Å². The van der Waals surface area contributed by atoms with Gasteiger partial charge in [-0.2, -0.15) is 9.61 Å². The van der Waals surface area contributed by atoms with E-state index in [2.05, 4.69) is 51.8 Å². The summed E-state index contributed by atoms with van der Waals surface area (Å²) >= 11 is 12.1. The molecule has 0 fully saturated rings. The molecule has 2 aromatic carbocycles. The topological polar surface area (TPSA) is 42.2 Å². The van der Waals surface area contributed by atoms with E-state index in [0.29, 0.717) is 22.4 Å². The summed E-state index contributed by atoms with van der Waals surface area (Å²) in [4.78, 5) is 4.19. The first-order chi connectivity index (χ1) is 12.2. The van der Waals surface area contributed by atoms with Gasteiger partial charge in [0.15, 0.2) is 5.65 Å². The highest BCUT2D eigenvalue weighted by molar-refractivity contribution is 6.34. The van der Waals surface area contributed by atoms with E-state index in [1.807, 2.05) is 18.2 Å². The molecule has 2 heterocycles. The molecule has 4 aromatic rings. The number of halogens is 2. The van der Waals surface area contributed by atoms with Gasteiger partial charge in [0.1, 0.15) is 16.0 Å². The summed E-state index contributed by atoms with van der Waals surface area (Å²) in [6, 6.07) is 20.5. The lowest BCUT2D eigenvalue weighted by molar-refractivity contribution is 0.925. The van der Waals surface area contributed by atoms with E-state index in [0.717, 1.165) is 11.4 Å². The van der Waals surface area contributed by atoms with Crippen LogP contribution in [0.1, 0.15) is 5.56 Å². The molecule has 4 nitrogen and oxygen atoms in total. The van der Waals surface area contributed by atoms with E-state index in [4.69, 9.17) is 23.2 Å². The Labute approximate surface area is 155 Å². The second kappa shape index (κ2) is 6.75. The van der Waals surface area contributed by atoms with Crippen LogP contribution in [0, 0.1) is 0 Å². The van der Waals surface area contributed by atoms with Gasteiger partial charge in [-0.15, -0.1) is 0 Å². The molecule has 0 amide bonds. The Hall–Kier alpha value is -2.56. The number of hydrogen-bond acceptors (Lipinski definition) is 3. The first-order valence-electron chi connectivity index (χ1n) is 7.79. The highest BCUT2D eigenvalue weighted by atomic mass is 35.5. The fourth-order valence-corrected chi connectivity index (χ4v) is 3.02. The number of benzene rings is 2. The standard InChI is InChI=1S/C19H14Cl2N4/c20-16-12-23-25-18(10-17(21)24-19(16)25)22-11-13-6-8-15(9-7-13)14-4-2-1-3-5-14/h1-10,12,22H,11H2. The van der Waals surface area contributed by atoms with Gasteiger partial charge in [-0.05, 0) is 16.7 Å². The van der Waals surface area contributed by atoms with Crippen molar-refractivity contribution in [3.63, 3.8) is 0 Å². The molecule has 0 saturated heterocycles. The van der Waals surface area contributed by atoms with Crippen LogP contribution in [-0.4, -0.2) is 14.6 Å². The van der Waals surface area contributed by atoms with Crippen molar-refractivity contribution in [2.24, 2.45) is 0 Å². The minimum absolute atomic E-state index is 0.372. The Bertz CT molecular complexity index is 1010. The highest BCUT2D eigenvalue weighted by Crippen LogP contribution is 2.23. The summed E-state index contributed by atoms with van der Waals surface area (Å²) in [5, 5.41) is 8.40. The van der Waals surface area contributed by atoms with Crippen molar-refractivity contribution in [3.8, 4) is 11.1 Å². The molecule has 2 aromatic heterocycles. The highest BCUT2D eigenvalue weighted by Gasteiger charge is 2.09. The summed E-state index contributed by atoms with van der Waals surface area (Å²) < 4.78 is 1.65. The predicted molar refractivity (Wildman–Crippen MR) is 102 cm³/mol. The predicted octanol–water partition coefficient (Wildman–Crippen LogP) is 5.32. The van der Waals surface area contributed by atoms with Crippen molar-refractivity contribution >= 4 is 34.7 Å². The van der Waals surface area contributed by atoms with Crippen LogP contribution in [-0.2, 0) is 6.54 Å². The smallest absolute Gasteiger partial charge is 0.177 e. The monoisotopic (exact) mass is 368 g/mol. The van der Waals surface area contributed by atoms with Crippen molar-refractivity contribution in [3.05, 3.63) is 82.6 Å². The van der Waals surface area contributed by atoms with E-state index in [1.54, 1.807) is 16.8 Å². The van der Waals surface area contributed by atoms with Crippen LogP contribution >= 0.6 is 23.2 Å². The lowest BCUT2D eigenvalue weighted by Gasteiger charge is -2.10. The summed E-state index contributed by atoms with van der Waals surface area (Å²) in [5.74, 6) is 0.744. The molecule has 0 spiro atoms. The fraction of sp³-hybridized carbons (Fsp3) is 0.0526. The normalized spacial score (nSPS) is 11.0. The molecule has 0 radical (unpaired) electrons. The molecule has 124 valence electrons. The third kappa shape index (κ3) is 3.31. The maximum atomic E-state index is 6.08. The Balaban J connectivity index is 1.54. The third-order valence-corrected chi connectivity index (χ3v) is 4.39. The second-order valence-electron chi connectivity index (χ2n) is 5.61. The van der Waals surface area contributed by atoms with Crippen LogP contribution < -0.4 is 5.32 Å². The van der Waals surface area contributed by atoms with Crippen LogP contribution in [0.25, 0.3) is 16.8 Å². The molecule has 1 N–H and O–H groups in total. The number of anilines is 1. The van der Waals surface area contributed by atoms with Crippen molar-refractivity contribution in [2.75, 3.05) is 5.32 Å². The zero-order valence-electron chi connectivity index (χ0n) is 13.2. The Kier molecular flexibility index (Phi) is 4.30. The summed E-state index contributed by atoms with van der Waals surface area (Å²) in [5.41, 5.74) is 4.09. The SMILES string of the molecule is Clc1cc(NCc2ccc(-c3ccccc3)cc2)n2ncc(Cl)c2n1. The largest absolute Gasteiger partial charge is 0.366 e. The lowest BCUT2D eigenvalue weighted by atomic mass is 10.0. The Morgan fingerprint density at radius 2 is 1.64 bits per heavy atom. The van der Waals surface area contributed by atoms with Gasteiger partial charge in [0.2, 0.25) is 0 Å². The molecule has 25 heavy (non-hydrogen) atoms. The van der Waals surface area contributed by atoms with E-state index >= 15 is 0 Å². The average molecular weight is 369 g/mol. The van der Waals surface area contributed by atoms with E-state index in [9.17, 15) is 0 Å². The molecular formula is C19H14Cl2N4. The van der Waals surface area contributed by atoms with Crippen molar-refractivity contribution in [1.29, 1.82) is 0 Å². The van der Waals surface area contributed by atoms with Gasteiger partial charge in [-0.3, -0.25) is 0 Å². The van der Waals surface area contributed by atoms with Crippen molar-refractivity contribution in [1.82, 2.24) is 14.6 Å². The number of hydrogen-bond donors (Lipinski definition) is 1. The first kappa shape index (κ1) is 15.9. The number of aromatic nitrogens is 3. The van der Waals surface area contributed by atoms with Gasteiger partial charge in [0.25, 0.3) is 0 Å². The number of nitrogens with zero attached hydrogens (tertiary/aromatic N) is 3. The van der Waals surface area contributed by atoms with Gasteiger partial charge in [0.05, 0.1) is 6.20 Å². The quantitative estimate of drug-likeness (QED) is 0.496. The van der Waals surface area contributed by atoms with Crippen LogP contribution in [0.2, 0.25) is 10.2 Å². The molecule has 0 aliphatic heterocycles. The van der Waals surface area contributed by atoms with Crippen molar-refractivity contribution in [2.45, 2.75) is 6.54 Å². The van der Waals surface area contributed by atoms with Gasteiger partial charge in [-0.1, -0.05) is 77.8 Å². The van der Waals surface area contributed by atoms with Crippen LogP contribution in [0.4, 0.5) is 5.82 Å². The minimum atomic E-state index is 0.372. The molecule has 0 bridgehead atoms. The van der Waals surface area contributed by atoms with Crippen LogP contribution in [0.5, 0.6) is 0 Å². The number of nitrogens with one attached hydrogen (secondary N) is 1. The third-order valence-electron chi connectivity index (χ3n) is 3.93. The zero-order valence-corrected chi connectivity index (χ0v) is 14.7. The molecule has 4 rings (SSSR count). The Morgan fingerprint density at radius 1 is 0.920 bits per heavy atom. The molecule has 0 saturated carbocycles. The molecular weight excluding hydrogens is 355 g/mol. The van der Waals surface area contributed by atoms with Crippen molar-refractivity contribution < 1.29 is 0 Å². The summed E-state index contributed by atoms with van der Waals surface area (Å²) in [6.07, 6.45) is 1.56. The molecule has 0 aliphatic carbocycles. The zero-order chi connectivity index (χ0) is 17.2. The van der Waals surface area contributed by atoms with Gasteiger partial charge >= 0.3 is 0 Å². The van der Waals surface area contributed by atoms with E-state index in [-0.39, 0.29) is 0 Å². The molecule has 0 atom stereocenters. The first-order valence-corrected chi connectivity index (χ1v) is 8.54. The van der Waals surface area contributed by atoms with Crippen LogP contribution in [0.3, 0.4) is 0 Å². The molecule has 0 unspecified atom stereocenters. The second-order valence-corrected chi connectivity index (χ2v) is 6.40. The van der Waals surface area contributed by atoms with Crippen LogP contribution in [0.15, 0.2) is 66.9 Å². The van der Waals surface area contributed by atoms with E-state index in [1.165, 1.54) is 11.1 Å².